The zero-order valence-corrected chi connectivity index (χ0v) is 16.1. The number of benzene rings is 2. The highest BCUT2D eigenvalue weighted by molar-refractivity contribution is 6.02. The lowest BCUT2D eigenvalue weighted by molar-refractivity contribution is 0.611. The van der Waals surface area contributed by atoms with Gasteiger partial charge in [-0.15, -0.1) is 0 Å². The Balaban J connectivity index is 1.64. The molecule has 5 rings (SSSR count). The minimum absolute atomic E-state index is 0.220. The van der Waals surface area contributed by atoms with E-state index >= 15 is 0 Å². The lowest BCUT2D eigenvalue weighted by Gasteiger charge is -2.12. The summed E-state index contributed by atoms with van der Waals surface area (Å²) >= 11 is 0. The van der Waals surface area contributed by atoms with Gasteiger partial charge < -0.3 is 5.32 Å². The van der Waals surface area contributed by atoms with E-state index in [0.717, 1.165) is 5.56 Å². The third-order valence-corrected chi connectivity index (χ3v) is 4.97. The Labute approximate surface area is 170 Å². The quantitative estimate of drug-likeness (QED) is 0.480. The van der Waals surface area contributed by atoms with Crippen LogP contribution < -0.4 is 10.9 Å². The number of halogens is 1. The summed E-state index contributed by atoms with van der Waals surface area (Å²) in [7, 11) is 0. The summed E-state index contributed by atoms with van der Waals surface area (Å²) in [5.41, 5.74) is 2.75. The molecule has 0 aliphatic heterocycles. The van der Waals surface area contributed by atoms with Crippen LogP contribution in [0.2, 0.25) is 0 Å². The molecular formula is C22H17FN6O. The van der Waals surface area contributed by atoms with E-state index in [0.29, 0.717) is 39.1 Å². The van der Waals surface area contributed by atoms with Crippen LogP contribution in [0.3, 0.4) is 0 Å². The van der Waals surface area contributed by atoms with E-state index < -0.39 is 0 Å². The standard InChI is InChI=1S/C22H17FN6O/c1-13-7-8-14(18(23)9-13)10-24-22-25-11-16-19-17(12-26-28-19)21(30)29(20(16)27-22)15-5-3-2-4-6-15/h2-9,11-12H,10H2,1H3,(H,26,28)(H,24,25,27). The molecule has 3 aromatic heterocycles. The number of hydrogen-bond acceptors (Lipinski definition) is 5. The van der Waals surface area contributed by atoms with Crippen LogP contribution in [-0.2, 0) is 6.54 Å². The van der Waals surface area contributed by atoms with Gasteiger partial charge in [0.1, 0.15) is 11.3 Å². The molecule has 30 heavy (non-hydrogen) atoms. The van der Waals surface area contributed by atoms with Crippen molar-refractivity contribution in [1.29, 1.82) is 0 Å². The number of pyridine rings is 1. The molecule has 0 bridgehead atoms. The second kappa shape index (κ2) is 7.07. The fourth-order valence-corrected chi connectivity index (χ4v) is 3.46. The first-order chi connectivity index (χ1) is 14.6. The van der Waals surface area contributed by atoms with Crippen LogP contribution >= 0.6 is 0 Å². The Bertz CT molecular complexity index is 1440. The number of aromatic amines is 1. The van der Waals surface area contributed by atoms with Crippen molar-refractivity contribution >= 4 is 27.9 Å². The SMILES string of the molecule is Cc1ccc(CNc2ncc3c4n[nH]cc4c(=O)n(-c4ccccc4)c3n2)c(F)c1. The van der Waals surface area contributed by atoms with E-state index in [9.17, 15) is 9.18 Å². The van der Waals surface area contributed by atoms with Gasteiger partial charge in [-0.1, -0.05) is 30.3 Å². The molecule has 2 aromatic carbocycles. The zero-order valence-electron chi connectivity index (χ0n) is 16.1. The van der Waals surface area contributed by atoms with Gasteiger partial charge in [0.25, 0.3) is 5.56 Å². The maximum atomic E-state index is 14.1. The summed E-state index contributed by atoms with van der Waals surface area (Å²) in [5, 5.41) is 11.1. The van der Waals surface area contributed by atoms with Crippen LogP contribution in [-0.4, -0.2) is 24.7 Å². The van der Waals surface area contributed by atoms with E-state index in [-0.39, 0.29) is 17.9 Å². The van der Waals surface area contributed by atoms with Crippen molar-refractivity contribution in [3.8, 4) is 5.69 Å². The fourth-order valence-electron chi connectivity index (χ4n) is 3.46. The number of H-pyrrole nitrogens is 1. The molecule has 0 aliphatic carbocycles. The molecular weight excluding hydrogens is 383 g/mol. The van der Waals surface area contributed by atoms with Gasteiger partial charge in [0.15, 0.2) is 5.65 Å². The molecule has 8 heteroatoms. The Morgan fingerprint density at radius 3 is 2.77 bits per heavy atom. The van der Waals surface area contributed by atoms with Crippen LogP contribution in [0.15, 0.2) is 65.7 Å². The van der Waals surface area contributed by atoms with Gasteiger partial charge in [-0.25, -0.2) is 9.37 Å². The van der Waals surface area contributed by atoms with Crippen molar-refractivity contribution in [2.24, 2.45) is 0 Å². The first kappa shape index (κ1) is 18.0. The smallest absolute Gasteiger partial charge is 0.267 e. The number of aryl methyl sites for hydroxylation is 1. The monoisotopic (exact) mass is 400 g/mol. The number of anilines is 1. The summed E-state index contributed by atoms with van der Waals surface area (Å²) < 4.78 is 15.7. The van der Waals surface area contributed by atoms with Crippen LogP contribution in [0.1, 0.15) is 11.1 Å². The molecule has 0 amide bonds. The molecule has 0 saturated heterocycles. The highest BCUT2D eigenvalue weighted by Crippen LogP contribution is 2.22. The summed E-state index contributed by atoms with van der Waals surface area (Å²) in [6.45, 7) is 2.06. The predicted octanol–water partition coefficient (Wildman–Crippen LogP) is 3.72. The normalized spacial score (nSPS) is 11.3. The molecule has 0 atom stereocenters. The van der Waals surface area contributed by atoms with Crippen molar-refractivity contribution < 1.29 is 4.39 Å². The predicted molar refractivity (Wildman–Crippen MR) is 113 cm³/mol. The summed E-state index contributed by atoms with van der Waals surface area (Å²) in [4.78, 5) is 22.1. The average molecular weight is 400 g/mol. The van der Waals surface area contributed by atoms with Crippen molar-refractivity contribution in [3.05, 3.63) is 88.2 Å². The third-order valence-electron chi connectivity index (χ3n) is 4.97. The molecule has 2 N–H and O–H groups in total. The highest BCUT2D eigenvalue weighted by atomic mass is 19.1. The van der Waals surface area contributed by atoms with Gasteiger partial charge >= 0.3 is 0 Å². The van der Waals surface area contributed by atoms with Crippen LogP contribution in [0.25, 0.3) is 27.6 Å². The summed E-state index contributed by atoms with van der Waals surface area (Å²) in [6.07, 6.45) is 3.20. The van der Waals surface area contributed by atoms with E-state index in [1.165, 1.54) is 10.6 Å². The van der Waals surface area contributed by atoms with E-state index in [4.69, 9.17) is 0 Å². The number of para-hydroxylation sites is 1. The van der Waals surface area contributed by atoms with Gasteiger partial charge in [-0.05, 0) is 30.7 Å². The Morgan fingerprint density at radius 1 is 1.13 bits per heavy atom. The van der Waals surface area contributed by atoms with Gasteiger partial charge in [-0.3, -0.25) is 14.5 Å². The van der Waals surface area contributed by atoms with Gasteiger partial charge in [0.05, 0.1) is 16.5 Å². The Hall–Kier alpha value is -4.07. The Kier molecular flexibility index (Phi) is 4.24. The topological polar surface area (TPSA) is 88.5 Å². The fraction of sp³-hybridized carbons (Fsp3) is 0.0909. The Morgan fingerprint density at radius 2 is 1.97 bits per heavy atom. The van der Waals surface area contributed by atoms with Crippen LogP contribution in [0.4, 0.5) is 10.3 Å². The van der Waals surface area contributed by atoms with E-state index in [1.54, 1.807) is 18.5 Å². The highest BCUT2D eigenvalue weighted by Gasteiger charge is 2.16. The maximum Gasteiger partial charge on any atom is 0.267 e. The molecule has 3 heterocycles. The van der Waals surface area contributed by atoms with Gasteiger partial charge in [0, 0.05) is 24.5 Å². The molecule has 0 unspecified atom stereocenters. The lowest BCUT2D eigenvalue weighted by atomic mass is 10.1. The van der Waals surface area contributed by atoms with Crippen molar-refractivity contribution in [3.63, 3.8) is 0 Å². The average Bonchev–Trinajstić information content (AvgIpc) is 3.24. The molecule has 0 radical (unpaired) electrons. The number of aromatic nitrogens is 5. The van der Waals surface area contributed by atoms with E-state index in [2.05, 4.69) is 25.5 Å². The second-order valence-electron chi connectivity index (χ2n) is 7.00. The molecule has 0 saturated carbocycles. The molecule has 0 aliphatic rings. The van der Waals surface area contributed by atoms with Crippen LogP contribution in [0, 0.1) is 12.7 Å². The molecule has 148 valence electrons. The molecule has 5 aromatic rings. The first-order valence-corrected chi connectivity index (χ1v) is 9.41. The maximum absolute atomic E-state index is 14.1. The minimum atomic E-state index is -0.289. The first-order valence-electron chi connectivity index (χ1n) is 9.41. The van der Waals surface area contributed by atoms with Gasteiger partial charge in [-0.2, -0.15) is 10.1 Å². The van der Waals surface area contributed by atoms with Crippen LogP contribution in [0.5, 0.6) is 0 Å². The number of hydrogen-bond donors (Lipinski definition) is 2. The zero-order chi connectivity index (χ0) is 20.7. The van der Waals surface area contributed by atoms with Crippen molar-refractivity contribution in [1.82, 2.24) is 24.7 Å². The summed E-state index contributed by atoms with van der Waals surface area (Å²) in [5.74, 6) is 0.00385. The van der Waals surface area contributed by atoms with Crippen molar-refractivity contribution in [2.75, 3.05) is 5.32 Å². The molecule has 0 fully saturated rings. The number of nitrogens with one attached hydrogen (secondary N) is 2. The lowest BCUT2D eigenvalue weighted by Crippen LogP contribution is -2.20. The van der Waals surface area contributed by atoms with Crippen molar-refractivity contribution in [2.45, 2.75) is 13.5 Å². The number of rotatable bonds is 4. The molecule has 7 nitrogen and oxygen atoms in total. The second-order valence-corrected chi connectivity index (χ2v) is 7.00. The number of fused-ring (bicyclic) bond motifs is 3. The third kappa shape index (κ3) is 2.98. The minimum Gasteiger partial charge on any atom is -0.350 e. The van der Waals surface area contributed by atoms with E-state index in [1.807, 2.05) is 43.3 Å². The molecule has 0 spiro atoms. The largest absolute Gasteiger partial charge is 0.350 e. The van der Waals surface area contributed by atoms with Gasteiger partial charge in [0.2, 0.25) is 5.95 Å². The number of nitrogens with zero attached hydrogens (tertiary/aromatic N) is 4. The summed E-state index contributed by atoms with van der Waals surface area (Å²) in [6, 6.07) is 14.3.